The summed E-state index contributed by atoms with van der Waals surface area (Å²) in [5.41, 5.74) is 7.55. The molecule has 3 aromatic rings. The molecule has 2 aliphatic carbocycles. The van der Waals surface area contributed by atoms with Crippen molar-refractivity contribution in [2.24, 2.45) is 17.8 Å². The molecule has 2 aliphatic heterocycles. The molecule has 2 bridgehead atoms. The normalized spacial score (nSPS) is 29.1. The number of rotatable bonds is 2. The Hall–Kier alpha value is -3.07. The average molecular weight is 435 g/mol. The number of hydrogen-bond donors (Lipinski definition) is 1. The van der Waals surface area contributed by atoms with E-state index in [0.717, 1.165) is 36.9 Å². The fourth-order valence-corrected chi connectivity index (χ4v) is 7.46. The molecule has 3 aromatic carbocycles. The van der Waals surface area contributed by atoms with Gasteiger partial charge in [-0.15, -0.1) is 0 Å². The van der Waals surface area contributed by atoms with Crippen LogP contribution >= 0.6 is 0 Å². The van der Waals surface area contributed by atoms with Crippen LogP contribution in [0.4, 0.5) is 5.69 Å². The quantitative estimate of drug-likeness (QED) is 0.522. The fraction of sp³-hybridized carbons (Fsp3) is 0.367. The fourth-order valence-electron chi connectivity index (χ4n) is 7.46. The van der Waals surface area contributed by atoms with E-state index in [4.69, 9.17) is 0 Å². The largest absolute Gasteiger partial charge is 0.378 e. The molecule has 2 fully saturated rings. The van der Waals surface area contributed by atoms with Crippen LogP contribution in [0.15, 0.2) is 72.8 Å². The predicted octanol–water partition coefficient (Wildman–Crippen LogP) is 6.18. The van der Waals surface area contributed by atoms with Crippen molar-refractivity contribution < 1.29 is 4.79 Å². The SMILES string of the molecule is O=C(c1ccc2c(c1)[C@@H]1[C@H]3CC[C@@H](C3)[C@H]1[C@H](c1ccccc1)N2)N1CCc2ccccc2C1. The van der Waals surface area contributed by atoms with Gasteiger partial charge in [0.2, 0.25) is 0 Å². The second-order valence-corrected chi connectivity index (χ2v) is 10.5. The van der Waals surface area contributed by atoms with Crippen LogP contribution in [0.5, 0.6) is 0 Å². The van der Waals surface area contributed by atoms with Gasteiger partial charge in [0, 0.05) is 24.3 Å². The molecule has 1 amide bonds. The van der Waals surface area contributed by atoms with Crippen LogP contribution in [0.3, 0.4) is 0 Å². The summed E-state index contributed by atoms with van der Waals surface area (Å²) in [6.45, 7) is 1.52. The average Bonchev–Trinajstić information content (AvgIpc) is 3.51. The molecule has 3 heteroatoms. The van der Waals surface area contributed by atoms with Crippen LogP contribution in [0.2, 0.25) is 0 Å². The maximum Gasteiger partial charge on any atom is 0.254 e. The molecular formula is C30H30N2O. The van der Waals surface area contributed by atoms with Gasteiger partial charge in [0.05, 0.1) is 6.04 Å². The van der Waals surface area contributed by atoms with Crippen molar-refractivity contribution in [1.82, 2.24) is 4.90 Å². The van der Waals surface area contributed by atoms with Crippen molar-refractivity contribution in [2.45, 2.75) is 44.2 Å². The molecule has 0 aromatic heterocycles. The Labute approximate surface area is 195 Å². The van der Waals surface area contributed by atoms with Gasteiger partial charge in [0.15, 0.2) is 0 Å². The van der Waals surface area contributed by atoms with E-state index in [9.17, 15) is 4.79 Å². The number of carbonyl (C=O) groups excluding carboxylic acids is 1. The third-order valence-corrected chi connectivity index (χ3v) is 8.91. The highest BCUT2D eigenvalue weighted by molar-refractivity contribution is 5.95. The van der Waals surface area contributed by atoms with Gasteiger partial charge in [-0.05, 0) is 89.8 Å². The zero-order chi connectivity index (χ0) is 21.9. The van der Waals surface area contributed by atoms with Crippen molar-refractivity contribution in [2.75, 3.05) is 11.9 Å². The Bertz CT molecular complexity index is 1220. The molecule has 2 saturated carbocycles. The van der Waals surface area contributed by atoms with Crippen LogP contribution < -0.4 is 5.32 Å². The lowest BCUT2D eigenvalue weighted by molar-refractivity contribution is 0.0734. The van der Waals surface area contributed by atoms with Gasteiger partial charge < -0.3 is 10.2 Å². The van der Waals surface area contributed by atoms with Crippen molar-refractivity contribution in [3.8, 4) is 0 Å². The zero-order valence-corrected chi connectivity index (χ0v) is 18.9. The van der Waals surface area contributed by atoms with Crippen molar-refractivity contribution in [3.63, 3.8) is 0 Å². The van der Waals surface area contributed by atoms with Crippen LogP contribution in [-0.2, 0) is 13.0 Å². The van der Waals surface area contributed by atoms with E-state index >= 15 is 0 Å². The molecular weight excluding hydrogens is 404 g/mol. The van der Waals surface area contributed by atoms with Gasteiger partial charge in [-0.25, -0.2) is 0 Å². The molecule has 5 atom stereocenters. The number of hydrogen-bond acceptors (Lipinski definition) is 2. The van der Waals surface area contributed by atoms with E-state index in [2.05, 4.69) is 72.0 Å². The second-order valence-electron chi connectivity index (χ2n) is 10.5. The number of carbonyl (C=O) groups is 1. The van der Waals surface area contributed by atoms with Gasteiger partial charge in [-0.1, -0.05) is 54.6 Å². The maximum atomic E-state index is 13.5. The summed E-state index contributed by atoms with van der Waals surface area (Å²) in [5, 5.41) is 3.90. The monoisotopic (exact) mass is 434 g/mol. The molecule has 7 rings (SSSR count). The summed E-state index contributed by atoms with van der Waals surface area (Å²) in [7, 11) is 0. The van der Waals surface area contributed by atoms with Crippen molar-refractivity contribution in [1.29, 1.82) is 0 Å². The van der Waals surface area contributed by atoms with Gasteiger partial charge in [0.1, 0.15) is 0 Å². The Morgan fingerprint density at radius 2 is 1.67 bits per heavy atom. The molecule has 166 valence electrons. The minimum absolute atomic E-state index is 0.178. The van der Waals surface area contributed by atoms with Gasteiger partial charge in [-0.2, -0.15) is 0 Å². The van der Waals surface area contributed by atoms with Crippen molar-refractivity contribution in [3.05, 3.63) is 101 Å². The number of amides is 1. The lowest BCUT2D eigenvalue weighted by atomic mass is 9.68. The van der Waals surface area contributed by atoms with E-state index in [1.54, 1.807) is 0 Å². The lowest BCUT2D eigenvalue weighted by Crippen LogP contribution is -2.37. The molecule has 0 radical (unpaired) electrons. The summed E-state index contributed by atoms with van der Waals surface area (Å²) in [5.74, 6) is 2.94. The first-order valence-corrected chi connectivity index (χ1v) is 12.6. The summed E-state index contributed by atoms with van der Waals surface area (Å²) in [6, 6.07) is 26.4. The summed E-state index contributed by atoms with van der Waals surface area (Å²) in [4.78, 5) is 15.6. The number of benzene rings is 3. The Kier molecular flexibility index (Phi) is 4.40. The lowest BCUT2D eigenvalue weighted by Gasteiger charge is -2.43. The van der Waals surface area contributed by atoms with E-state index in [1.807, 2.05) is 11.0 Å². The van der Waals surface area contributed by atoms with Crippen molar-refractivity contribution >= 4 is 11.6 Å². The molecule has 0 spiro atoms. The molecule has 4 aliphatic rings. The Morgan fingerprint density at radius 1 is 0.879 bits per heavy atom. The van der Waals surface area contributed by atoms with E-state index in [0.29, 0.717) is 17.9 Å². The number of nitrogens with one attached hydrogen (secondary N) is 1. The molecule has 1 N–H and O–H groups in total. The van der Waals surface area contributed by atoms with Gasteiger partial charge >= 0.3 is 0 Å². The van der Waals surface area contributed by atoms with Gasteiger partial charge in [-0.3, -0.25) is 4.79 Å². The van der Waals surface area contributed by atoms with Crippen LogP contribution in [0.1, 0.15) is 63.8 Å². The van der Waals surface area contributed by atoms with E-state index < -0.39 is 0 Å². The molecule has 0 saturated heterocycles. The standard InChI is InChI=1S/C30H30N2O/c33-30(32-15-14-19-6-4-5-9-24(19)18-32)23-12-13-26-25(17-23)27-21-10-11-22(16-21)28(27)29(31-26)20-7-2-1-3-8-20/h1-9,12-13,17,21-22,27-29,31H,10-11,14-16,18H2/t21-,22-,27-,28+,29-/m0/s1. The third-order valence-electron chi connectivity index (χ3n) is 8.91. The van der Waals surface area contributed by atoms with Crippen LogP contribution in [0, 0.1) is 17.8 Å². The van der Waals surface area contributed by atoms with Gasteiger partial charge in [0.25, 0.3) is 5.91 Å². The molecule has 3 nitrogen and oxygen atoms in total. The minimum atomic E-state index is 0.178. The highest BCUT2D eigenvalue weighted by Gasteiger charge is 2.53. The maximum absolute atomic E-state index is 13.5. The zero-order valence-electron chi connectivity index (χ0n) is 18.9. The molecule has 2 heterocycles. The number of anilines is 1. The number of fused-ring (bicyclic) bond motifs is 8. The second kappa shape index (κ2) is 7.48. The number of nitrogens with zero attached hydrogens (tertiary/aromatic N) is 1. The molecule has 33 heavy (non-hydrogen) atoms. The smallest absolute Gasteiger partial charge is 0.254 e. The Morgan fingerprint density at radius 3 is 2.55 bits per heavy atom. The predicted molar refractivity (Wildman–Crippen MR) is 131 cm³/mol. The topological polar surface area (TPSA) is 32.3 Å². The summed E-state index contributed by atoms with van der Waals surface area (Å²) in [6.07, 6.45) is 4.99. The highest BCUT2D eigenvalue weighted by atomic mass is 16.2. The minimum Gasteiger partial charge on any atom is -0.378 e. The van der Waals surface area contributed by atoms with Crippen LogP contribution in [0.25, 0.3) is 0 Å². The van der Waals surface area contributed by atoms with E-state index in [1.165, 1.54) is 47.2 Å². The third kappa shape index (κ3) is 3.05. The summed E-state index contributed by atoms with van der Waals surface area (Å²) >= 11 is 0. The first-order valence-electron chi connectivity index (χ1n) is 12.6. The Balaban J connectivity index is 1.23. The molecule has 0 unspecified atom stereocenters. The summed E-state index contributed by atoms with van der Waals surface area (Å²) < 4.78 is 0. The first kappa shape index (κ1) is 19.4. The first-order chi connectivity index (χ1) is 16.3. The van der Waals surface area contributed by atoms with E-state index in [-0.39, 0.29) is 5.91 Å². The van der Waals surface area contributed by atoms with Crippen LogP contribution in [-0.4, -0.2) is 17.4 Å². The highest BCUT2D eigenvalue weighted by Crippen LogP contribution is 2.63.